The van der Waals surface area contributed by atoms with Crippen molar-refractivity contribution in [3.63, 3.8) is 0 Å². The van der Waals surface area contributed by atoms with E-state index in [9.17, 15) is 13.6 Å². The Bertz CT molecular complexity index is 1440. The van der Waals surface area contributed by atoms with Gasteiger partial charge in [0, 0.05) is 53.9 Å². The Morgan fingerprint density at radius 1 is 1.11 bits per heavy atom. The number of ether oxygens (including phenoxy) is 3. The lowest BCUT2D eigenvalue weighted by Gasteiger charge is -2.14. The number of hydrogen-bond donors (Lipinski definition) is 2. The third-order valence-corrected chi connectivity index (χ3v) is 5.50. The molecule has 190 valence electrons. The van der Waals surface area contributed by atoms with Gasteiger partial charge < -0.3 is 25.3 Å². The second-order valence-electron chi connectivity index (χ2n) is 8.79. The number of amides is 1. The third kappa shape index (κ3) is 5.75. The molecule has 0 spiro atoms. The highest BCUT2D eigenvalue weighted by Crippen LogP contribution is 2.35. The van der Waals surface area contributed by atoms with E-state index in [-0.39, 0.29) is 29.1 Å². The van der Waals surface area contributed by atoms with Gasteiger partial charge >= 0.3 is 0 Å². The maximum atomic E-state index is 14.9. The first kappa shape index (κ1) is 24.4. The van der Waals surface area contributed by atoms with Gasteiger partial charge in [0.1, 0.15) is 23.9 Å². The molecule has 5 rings (SSSR count). The van der Waals surface area contributed by atoms with Crippen LogP contribution in [0, 0.1) is 11.6 Å². The Kier molecular flexibility index (Phi) is 6.82. The van der Waals surface area contributed by atoms with Gasteiger partial charge in [0.05, 0.1) is 17.2 Å². The van der Waals surface area contributed by atoms with Crippen LogP contribution in [-0.4, -0.2) is 34.6 Å². The van der Waals surface area contributed by atoms with Crippen LogP contribution < -0.4 is 25.3 Å². The summed E-state index contributed by atoms with van der Waals surface area (Å²) < 4.78 is 46.8. The van der Waals surface area contributed by atoms with E-state index >= 15 is 0 Å². The summed E-state index contributed by atoms with van der Waals surface area (Å²) in [5, 5.41) is 3.03. The van der Waals surface area contributed by atoms with E-state index in [1.807, 2.05) is 6.92 Å². The Hall–Kier alpha value is -4.31. The van der Waals surface area contributed by atoms with Gasteiger partial charge in [-0.2, -0.15) is 0 Å². The average Bonchev–Trinajstić information content (AvgIpc) is 3.69. The summed E-state index contributed by atoms with van der Waals surface area (Å²) in [5.74, 6) is -2.05. The van der Waals surface area contributed by atoms with Crippen LogP contribution in [0.25, 0.3) is 10.9 Å². The molecule has 1 aliphatic rings. The van der Waals surface area contributed by atoms with Crippen molar-refractivity contribution in [3.8, 4) is 23.0 Å². The number of nitrogens with zero attached hydrogens (tertiary/aromatic N) is 2. The predicted molar refractivity (Wildman–Crippen MR) is 133 cm³/mol. The summed E-state index contributed by atoms with van der Waals surface area (Å²) in [5.41, 5.74) is 6.33. The SMILES string of the molecule is C[C@@H](N)COc1ccc2c(Oc3c(F)cc(NC(=O)c4cnccc4OC4CC4)cc3F)ccnc2c1. The van der Waals surface area contributed by atoms with Crippen molar-refractivity contribution < 1.29 is 27.8 Å². The van der Waals surface area contributed by atoms with Crippen LogP contribution in [0.3, 0.4) is 0 Å². The molecule has 1 aliphatic carbocycles. The molecule has 0 saturated heterocycles. The molecule has 2 heterocycles. The largest absolute Gasteiger partial charge is 0.492 e. The minimum absolute atomic E-state index is 0.0679. The monoisotopic (exact) mass is 506 g/mol. The van der Waals surface area contributed by atoms with E-state index in [4.69, 9.17) is 19.9 Å². The van der Waals surface area contributed by atoms with Crippen molar-refractivity contribution in [3.05, 3.63) is 78.3 Å². The average molecular weight is 507 g/mol. The van der Waals surface area contributed by atoms with E-state index in [0.717, 1.165) is 25.0 Å². The number of anilines is 1. The number of carbonyl (C=O) groups excluding carboxylic acids is 1. The fraction of sp³-hybridized carbons (Fsp3) is 0.222. The number of nitrogens with one attached hydrogen (secondary N) is 1. The molecule has 0 radical (unpaired) electrons. The van der Waals surface area contributed by atoms with Crippen LogP contribution >= 0.6 is 0 Å². The van der Waals surface area contributed by atoms with Gasteiger partial charge in [-0.25, -0.2) is 8.78 Å². The maximum Gasteiger partial charge on any atom is 0.261 e. The quantitative estimate of drug-likeness (QED) is 0.320. The molecule has 1 atom stereocenters. The second kappa shape index (κ2) is 10.4. The predicted octanol–water partition coefficient (Wildman–Crippen LogP) is 5.22. The van der Waals surface area contributed by atoms with Gasteiger partial charge in [-0.05, 0) is 44.0 Å². The summed E-state index contributed by atoms with van der Waals surface area (Å²) >= 11 is 0. The summed E-state index contributed by atoms with van der Waals surface area (Å²) in [6, 6.07) is 9.99. The van der Waals surface area contributed by atoms with E-state index in [1.54, 1.807) is 24.3 Å². The molecular weight excluding hydrogens is 482 g/mol. The lowest BCUT2D eigenvalue weighted by molar-refractivity contribution is 0.102. The van der Waals surface area contributed by atoms with Gasteiger partial charge in [-0.15, -0.1) is 0 Å². The van der Waals surface area contributed by atoms with Crippen LogP contribution in [0.1, 0.15) is 30.1 Å². The molecule has 2 aromatic heterocycles. The van der Waals surface area contributed by atoms with Crippen molar-refractivity contribution in [2.24, 2.45) is 5.73 Å². The molecule has 1 saturated carbocycles. The molecule has 1 amide bonds. The Labute approximate surface area is 211 Å². The molecule has 3 N–H and O–H groups in total. The number of benzene rings is 2. The summed E-state index contributed by atoms with van der Waals surface area (Å²) in [7, 11) is 0. The molecule has 8 nitrogen and oxygen atoms in total. The number of nitrogens with two attached hydrogens (primary N) is 1. The minimum Gasteiger partial charge on any atom is -0.492 e. The first-order chi connectivity index (χ1) is 17.9. The van der Waals surface area contributed by atoms with Crippen LogP contribution in [0.2, 0.25) is 0 Å². The van der Waals surface area contributed by atoms with E-state index in [0.29, 0.717) is 29.0 Å². The zero-order valence-electron chi connectivity index (χ0n) is 19.9. The van der Waals surface area contributed by atoms with Crippen molar-refractivity contribution >= 4 is 22.5 Å². The second-order valence-corrected chi connectivity index (χ2v) is 8.79. The number of carbonyl (C=O) groups is 1. The van der Waals surface area contributed by atoms with E-state index in [1.165, 1.54) is 24.7 Å². The molecule has 4 aromatic rings. The van der Waals surface area contributed by atoms with Crippen LogP contribution in [0.4, 0.5) is 14.5 Å². The fourth-order valence-electron chi connectivity index (χ4n) is 3.57. The third-order valence-electron chi connectivity index (χ3n) is 5.50. The Morgan fingerprint density at radius 3 is 2.59 bits per heavy atom. The number of rotatable bonds is 9. The standard InChI is InChI=1S/C27H24F2N4O4/c1-15(30)14-35-18-4-5-19-23(12-18)32-9-7-24(19)37-26-21(28)10-16(11-22(26)29)33-27(34)20-13-31-8-6-25(20)36-17-2-3-17/h4-13,15,17H,2-3,14,30H2,1H3,(H,33,34)/t15-/m1/s1. The normalized spacial score (nSPS) is 13.7. The molecule has 37 heavy (non-hydrogen) atoms. The molecule has 0 unspecified atom stereocenters. The fourth-order valence-corrected chi connectivity index (χ4v) is 3.57. The lowest BCUT2D eigenvalue weighted by Crippen LogP contribution is -2.23. The zero-order chi connectivity index (χ0) is 25.9. The molecular formula is C27H24F2N4O4. The molecule has 2 aromatic carbocycles. The molecule has 10 heteroatoms. The lowest BCUT2D eigenvalue weighted by atomic mass is 10.2. The highest BCUT2D eigenvalue weighted by atomic mass is 19.1. The highest BCUT2D eigenvalue weighted by Gasteiger charge is 2.26. The van der Waals surface area contributed by atoms with Crippen LogP contribution in [0.5, 0.6) is 23.0 Å². The summed E-state index contributed by atoms with van der Waals surface area (Å²) in [6.07, 6.45) is 6.22. The van der Waals surface area contributed by atoms with Gasteiger partial charge in [0.15, 0.2) is 17.4 Å². The Morgan fingerprint density at radius 2 is 1.86 bits per heavy atom. The highest BCUT2D eigenvalue weighted by molar-refractivity contribution is 6.06. The van der Waals surface area contributed by atoms with Gasteiger partial charge in [-0.1, -0.05) is 0 Å². The van der Waals surface area contributed by atoms with Crippen LogP contribution in [-0.2, 0) is 0 Å². The number of hydrogen-bond acceptors (Lipinski definition) is 7. The molecule has 1 fully saturated rings. The smallest absolute Gasteiger partial charge is 0.261 e. The minimum atomic E-state index is -0.988. The first-order valence-electron chi connectivity index (χ1n) is 11.7. The Balaban J connectivity index is 1.35. The first-order valence-corrected chi connectivity index (χ1v) is 11.7. The van der Waals surface area contributed by atoms with Crippen LogP contribution in [0.15, 0.2) is 61.1 Å². The molecule has 0 aliphatic heterocycles. The van der Waals surface area contributed by atoms with Crippen molar-refractivity contribution in [1.29, 1.82) is 0 Å². The van der Waals surface area contributed by atoms with Gasteiger partial charge in [-0.3, -0.25) is 14.8 Å². The maximum absolute atomic E-state index is 14.9. The zero-order valence-corrected chi connectivity index (χ0v) is 19.9. The van der Waals surface area contributed by atoms with Gasteiger partial charge in [0.2, 0.25) is 0 Å². The number of halogens is 2. The topological polar surface area (TPSA) is 109 Å². The van der Waals surface area contributed by atoms with Crippen molar-refractivity contribution in [2.75, 3.05) is 11.9 Å². The van der Waals surface area contributed by atoms with Crippen molar-refractivity contribution in [1.82, 2.24) is 9.97 Å². The summed E-state index contributed by atoms with van der Waals surface area (Å²) in [4.78, 5) is 21.0. The summed E-state index contributed by atoms with van der Waals surface area (Å²) in [6.45, 7) is 2.15. The van der Waals surface area contributed by atoms with Gasteiger partial charge in [0.25, 0.3) is 5.91 Å². The van der Waals surface area contributed by atoms with Crippen molar-refractivity contribution in [2.45, 2.75) is 31.9 Å². The molecule has 0 bridgehead atoms. The number of aromatic nitrogens is 2. The number of fused-ring (bicyclic) bond motifs is 1. The van der Waals surface area contributed by atoms with E-state index < -0.39 is 23.3 Å². The number of pyridine rings is 2. The van der Waals surface area contributed by atoms with E-state index in [2.05, 4.69) is 15.3 Å².